The lowest BCUT2D eigenvalue weighted by molar-refractivity contribution is -0.117. The second kappa shape index (κ2) is 6.96. The van der Waals surface area contributed by atoms with E-state index in [-0.39, 0.29) is 16.9 Å². The third-order valence-corrected chi connectivity index (χ3v) is 4.71. The van der Waals surface area contributed by atoms with Crippen LogP contribution in [0.1, 0.15) is 29.3 Å². The number of hydrogen-bond acceptors (Lipinski definition) is 5. The van der Waals surface area contributed by atoms with E-state index in [0.717, 1.165) is 5.56 Å². The van der Waals surface area contributed by atoms with E-state index in [9.17, 15) is 14.4 Å². The molecule has 0 radical (unpaired) electrons. The van der Waals surface area contributed by atoms with Crippen LogP contribution in [0.2, 0.25) is 0 Å². The number of hydrogen-bond donors (Lipinski definition) is 0. The number of rotatable bonds is 4. The van der Waals surface area contributed by atoms with Gasteiger partial charge in [-0.2, -0.15) is 0 Å². The molecule has 6 heteroatoms. The molecule has 1 fully saturated rings. The molecule has 1 amide bonds. The molecule has 1 heterocycles. The van der Waals surface area contributed by atoms with E-state index in [0.29, 0.717) is 30.0 Å². The van der Waals surface area contributed by atoms with Gasteiger partial charge in [-0.05, 0) is 30.5 Å². The minimum Gasteiger partial charge on any atom is -0.465 e. The summed E-state index contributed by atoms with van der Waals surface area (Å²) in [5.41, 5.74) is 1.98. The van der Waals surface area contributed by atoms with Crippen LogP contribution in [0.4, 0.5) is 5.69 Å². The van der Waals surface area contributed by atoms with Gasteiger partial charge in [0.25, 0.3) is 0 Å². The van der Waals surface area contributed by atoms with Gasteiger partial charge < -0.3 is 9.64 Å². The number of benzene rings is 1. The molecule has 2 rings (SSSR count). The number of carbonyl (C=O) groups is 3. The first kappa shape index (κ1) is 16.5. The largest absolute Gasteiger partial charge is 0.465 e. The lowest BCUT2D eigenvalue weighted by Crippen LogP contribution is -2.25. The monoisotopic (exact) mass is 321 g/mol. The minimum absolute atomic E-state index is 0.0221. The molecule has 22 heavy (non-hydrogen) atoms. The molecule has 0 saturated carbocycles. The van der Waals surface area contributed by atoms with Crippen molar-refractivity contribution in [3.05, 3.63) is 29.3 Å². The molecule has 0 N–H and O–H groups in total. The molecule has 0 spiro atoms. The SMILES string of the molecule is COC(=O)c1cc(N2CC(CSC(C)=O)CC2=O)ccc1C. The van der Waals surface area contributed by atoms with Gasteiger partial charge in [-0.1, -0.05) is 17.8 Å². The average Bonchev–Trinajstić information content (AvgIpc) is 2.86. The van der Waals surface area contributed by atoms with E-state index in [4.69, 9.17) is 4.74 Å². The van der Waals surface area contributed by atoms with Crippen molar-refractivity contribution in [2.75, 3.05) is 24.3 Å². The molecule has 1 aliphatic heterocycles. The zero-order chi connectivity index (χ0) is 16.3. The van der Waals surface area contributed by atoms with Crippen LogP contribution in [0, 0.1) is 12.8 Å². The Hall–Kier alpha value is -1.82. The normalized spacial score (nSPS) is 17.7. The summed E-state index contributed by atoms with van der Waals surface area (Å²) in [6, 6.07) is 5.34. The van der Waals surface area contributed by atoms with Gasteiger partial charge in [0.15, 0.2) is 5.12 Å². The zero-order valence-electron chi connectivity index (χ0n) is 12.9. The third kappa shape index (κ3) is 3.68. The molecule has 0 bridgehead atoms. The fraction of sp³-hybridized carbons (Fsp3) is 0.438. The molecule has 1 aromatic carbocycles. The van der Waals surface area contributed by atoms with Gasteiger partial charge in [-0.15, -0.1) is 0 Å². The number of nitrogens with zero attached hydrogens (tertiary/aromatic N) is 1. The summed E-state index contributed by atoms with van der Waals surface area (Å²) < 4.78 is 4.76. The van der Waals surface area contributed by atoms with E-state index in [2.05, 4.69) is 0 Å². The zero-order valence-corrected chi connectivity index (χ0v) is 13.7. The van der Waals surface area contributed by atoms with Crippen molar-refractivity contribution in [3.63, 3.8) is 0 Å². The second-order valence-corrected chi connectivity index (χ2v) is 6.56. The first-order chi connectivity index (χ1) is 10.4. The molecule has 118 valence electrons. The fourth-order valence-electron chi connectivity index (χ4n) is 2.49. The number of amides is 1. The lowest BCUT2D eigenvalue weighted by atomic mass is 10.1. The van der Waals surface area contributed by atoms with Gasteiger partial charge >= 0.3 is 5.97 Å². The number of ether oxygens (including phenoxy) is 1. The highest BCUT2D eigenvalue weighted by atomic mass is 32.2. The number of methoxy groups -OCH3 is 1. The van der Waals surface area contributed by atoms with E-state index < -0.39 is 5.97 Å². The summed E-state index contributed by atoms with van der Waals surface area (Å²) in [6.45, 7) is 3.93. The molecular weight excluding hydrogens is 302 g/mol. The molecule has 0 aliphatic carbocycles. The maximum atomic E-state index is 12.2. The Bertz CT molecular complexity index is 614. The maximum absolute atomic E-state index is 12.2. The van der Waals surface area contributed by atoms with Crippen LogP contribution in [0.3, 0.4) is 0 Å². The maximum Gasteiger partial charge on any atom is 0.338 e. The van der Waals surface area contributed by atoms with Crippen LogP contribution >= 0.6 is 11.8 Å². The van der Waals surface area contributed by atoms with Crippen molar-refractivity contribution in [2.24, 2.45) is 5.92 Å². The third-order valence-electron chi connectivity index (χ3n) is 3.67. The highest BCUT2D eigenvalue weighted by Crippen LogP contribution is 2.29. The van der Waals surface area contributed by atoms with Gasteiger partial charge in [-0.3, -0.25) is 9.59 Å². The second-order valence-electron chi connectivity index (χ2n) is 5.37. The quantitative estimate of drug-likeness (QED) is 0.797. The van der Waals surface area contributed by atoms with Crippen molar-refractivity contribution < 1.29 is 19.1 Å². The molecule has 1 aromatic rings. The van der Waals surface area contributed by atoms with E-state index in [1.807, 2.05) is 19.1 Å². The van der Waals surface area contributed by atoms with E-state index in [1.165, 1.54) is 25.8 Å². The predicted octanol–water partition coefficient (Wildman–Crippen LogP) is 2.41. The molecule has 5 nitrogen and oxygen atoms in total. The average molecular weight is 321 g/mol. The Kier molecular flexibility index (Phi) is 5.24. The summed E-state index contributed by atoms with van der Waals surface area (Å²) in [7, 11) is 1.34. The van der Waals surface area contributed by atoms with Crippen LogP contribution in [-0.2, 0) is 14.3 Å². The molecule has 1 saturated heterocycles. The molecule has 1 unspecified atom stereocenters. The Morgan fingerprint density at radius 3 is 2.77 bits per heavy atom. The summed E-state index contributed by atoms with van der Waals surface area (Å²) in [5.74, 6) is 0.417. The van der Waals surface area contributed by atoms with Crippen molar-refractivity contribution in [1.82, 2.24) is 0 Å². The lowest BCUT2D eigenvalue weighted by Gasteiger charge is -2.18. The number of carbonyl (C=O) groups excluding carboxylic acids is 3. The van der Waals surface area contributed by atoms with Crippen LogP contribution in [-0.4, -0.2) is 36.4 Å². The first-order valence-electron chi connectivity index (χ1n) is 7.05. The summed E-state index contributed by atoms with van der Waals surface area (Å²) in [5, 5.41) is 0.0641. The van der Waals surface area contributed by atoms with E-state index in [1.54, 1.807) is 11.0 Å². The smallest absolute Gasteiger partial charge is 0.338 e. The fourth-order valence-corrected chi connectivity index (χ4v) is 3.18. The van der Waals surface area contributed by atoms with Crippen molar-refractivity contribution in [3.8, 4) is 0 Å². The number of esters is 1. The highest BCUT2D eigenvalue weighted by molar-refractivity contribution is 8.13. The Balaban J connectivity index is 2.16. The minimum atomic E-state index is -0.408. The highest BCUT2D eigenvalue weighted by Gasteiger charge is 2.31. The molecule has 1 aliphatic rings. The van der Waals surface area contributed by atoms with Crippen LogP contribution in [0.5, 0.6) is 0 Å². The van der Waals surface area contributed by atoms with Crippen molar-refractivity contribution in [1.29, 1.82) is 0 Å². The van der Waals surface area contributed by atoms with Gasteiger partial charge in [0.05, 0.1) is 12.7 Å². The predicted molar refractivity (Wildman–Crippen MR) is 86.1 cm³/mol. The Morgan fingerprint density at radius 1 is 1.41 bits per heavy atom. The van der Waals surface area contributed by atoms with Gasteiger partial charge in [-0.25, -0.2) is 4.79 Å². The van der Waals surface area contributed by atoms with Gasteiger partial charge in [0.1, 0.15) is 0 Å². The van der Waals surface area contributed by atoms with Gasteiger partial charge in [0.2, 0.25) is 5.91 Å². The standard InChI is InChI=1S/C16H19NO4S/c1-10-4-5-13(7-14(10)16(20)21-3)17-8-12(6-15(17)19)9-22-11(2)18/h4-5,7,12H,6,8-9H2,1-3H3. The van der Waals surface area contributed by atoms with Crippen LogP contribution in [0.15, 0.2) is 18.2 Å². The molecule has 0 aromatic heterocycles. The number of aryl methyl sites for hydroxylation is 1. The summed E-state index contributed by atoms with van der Waals surface area (Å²) >= 11 is 1.25. The van der Waals surface area contributed by atoms with Crippen LogP contribution in [0.25, 0.3) is 0 Å². The molecule has 1 atom stereocenters. The number of thioether (sulfide) groups is 1. The molecular formula is C16H19NO4S. The first-order valence-corrected chi connectivity index (χ1v) is 8.03. The van der Waals surface area contributed by atoms with Crippen molar-refractivity contribution in [2.45, 2.75) is 20.3 Å². The summed E-state index contributed by atoms with van der Waals surface area (Å²) in [4.78, 5) is 36.7. The van der Waals surface area contributed by atoms with E-state index >= 15 is 0 Å². The van der Waals surface area contributed by atoms with Crippen molar-refractivity contribution >= 4 is 34.4 Å². The Labute approximate surface area is 134 Å². The number of anilines is 1. The van der Waals surface area contributed by atoms with Gasteiger partial charge in [0, 0.05) is 31.3 Å². The topological polar surface area (TPSA) is 63.7 Å². The summed E-state index contributed by atoms with van der Waals surface area (Å²) in [6.07, 6.45) is 0.432. The van der Waals surface area contributed by atoms with Crippen LogP contribution < -0.4 is 4.90 Å². The Morgan fingerprint density at radius 2 is 2.14 bits per heavy atom.